The Bertz CT molecular complexity index is 386. The minimum Gasteiger partial charge on any atom is -0.488 e. The molecule has 0 aromatic heterocycles. The fourth-order valence-electron chi connectivity index (χ4n) is 2.50. The van der Waals surface area contributed by atoms with E-state index >= 15 is 0 Å². The minimum atomic E-state index is 0.221. The predicted molar refractivity (Wildman–Crippen MR) is 61.5 cm³/mol. The third-order valence-corrected chi connectivity index (χ3v) is 3.43. The van der Waals surface area contributed by atoms with E-state index in [1.165, 1.54) is 11.1 Å². The fraction of sp³-hybridized carbons (Fsp3) is 0.538. The van der Waals surface area contributed by atoms with Crippen molar-refractivity contribution < 1.29 is 9.47 Å². The molecule has 1 aromatic carbocycles. The highest BCUT2D eigenvalue weighted by Gasteiger charge is 2.21. The van der Waals surface area contributed by atoms with Gasteiger partial charge in [0.1, 0.15) is 11.9 Å². The number of ether oxygens (including phenoxy) is 2. The first kappa shape index (κ1) is 10.1. The second-order valence-electron chi connectivity index (χ2n) is 4.61. The molecule has 0 amide bonds. The van der Waals surface area contributed by atoms with Crippen LogP contribution < -0.4 is 10.5 Å². The van der Waals surface area contributed by atoms with Gasteiger partial charge in [0.2, 0.25) is 0 Å². The van der Waals surface area contributed by atoms with Crippen LogP contribution in [-0.2, 0) is 11.2 Å². The zero-order chi connectivity index (χ0) is 11.0. The lowest BCUT2D eigenvalue weighted by atomic mass is 10.1. The zero-order valence-electron chi connectivity index (χ0n) is 9.32. The van der Waals surface area contributed by atoms with E-state index in [2.05, 4.69) is 12.1 Å². The molecule has 2 N–H and O–H groups in total. The summed E-state index contributed by atoms with van der Waals surface area (Å²) < 4.78 is 11.2. The van der Waals surface area contributed by atoms with Crippen LogP contribution in [0.5, 0.6) is 5.75 Å². The van der Waals surface area contributed by atoms with Gasteiger partial charge in [-0.05, 0) is 36.1 Å². The molecule has 1 aromatic rings. The Morgan fingerprint density at radius 3 is 3.06 bits per heavy atom. The van der Waals surface area contributed by atoms with Crippen LogP contribution in [0.2, 0.25) is 0 Å². The van der Waals surface area contributed by atoms with Crippen LogP contribution in [0.1, 0.15) is 30.0 Å². The van der Waals surface area contributed by atoms with Gasteiger partial charge in [0.05, 0.1) is 13.2 Å². The van der Waals surface area contributed by atoms with E-state index in [0.717, 1.165) is 38.2 Å². The van der Waals surface area contributed by atoms with E-state index < -0.39 is 0 Å². The lowest BCUT2D eigenvalue weighted by molar-refractivity contribution is 0.141. The van der Waals surface area contributed by atoms with Crippen LogP contribution in [-0.4, -0.2) is 19.3 Å². The number of hydrogen-bond acceptors (Lipinski definition) is 3. The van der Waals surface area contributed by atoms with Gasteiger partial charge in [-0.1, -0.05) is 6.07 Å². The molecule has 3 heteroatoms. The Morgan fingerprint density at radius 2 is 2.25 bits per heavy atom. The maximum atomic E-state index is 6.00. The smallest absolute Gasteiger partial charge is 0.124 e. The second kappa shape index (κ2) is 4.07. The summed E-state index contributed by atoms with van der Waals surface area (Å²) in [6, 6.07) is 6.50. The van der Waals surface area contributed by atoms with E-state index in [4.69, 9.17) is 15.2 Å². The molecule has 1 aliphatic carbocycles. The van der Waals surface area contributed by atoms with Gasteiger partial charge in [0, 0.05) is 12.5 Å². The second-order valence-corrected chi connectivity index (χ2v) is 4.61. The van der Waals surface area contributed by atoms with Crippen molar-refractivity contribution in [3.8, 4) is 5.75 Å². The van der Waals surface area contributed by atoms with Gasteiger partial charge in [-0.3, -0.25) is 0 Å². The third-order valence-electron chi connectivity index (χ3n) is 3.43. The van der Waals surface area contributed by atoms with Crippen molar-refractivity contribution >= 4 is 0 Å². The van der Waals surface area contributed by atoms with Crippen LogP contribution in [0.3, 0.4) is 0 Å². The van der Waals surface area contributed by atoms with Crippen molar-refractivity contribution in [2.45, 2.75) is 31.4 Å². The van der Waals surface area contributed by atoms with Crippen molar-refractivity contribution in [3.05, 3.63) is 29.3 Å². The molecule has 1 fully saturated rings. The number of hydrogen-bond donors (Lipinski definition) is 1. The van der Waals surface area contributed by atoms with Crippen LogP contribution in [0, 0.1) is 0 Å². The molecule has 3 rings (SSSR count). The Hall–Kier alpha value is -1.06. The monoisotopic (exact) mass is 219 g/mol. The molecule has 2 aliphatic rings. The summed E-state index contributed by atoms with van der Waals surface area (Å²) in [6.45, 7) is 1.54. The van der Waals surface area contributed by atoms with Crippen LogP contribution in [0.25, 0.3) is 0 Å². The molecule has 0 radical (unpaired) electrons. The molecule has 1 saturated heterocycles. The van der Waals surface area contributed by atoms with E-state index in [0.29, 0.717) is 0 Å². The molecule has 2 unspecified atom stereocenters. The topological polar surface area (TPSA) is 44.5 Å². The summed E-state index contributed by atoms with van der Waals surface area (Å²) in [7, 11) is 0. The Labute approximate surface area is 95.5 Å². The molecule has 0 saturated carbocycles. The normalized spacial score (nSPS) is 28.1. The maximum Gasteiger partial charge on any atom is 0.124 e. The molecule has 0 spiro atoms. The summed E-state index contributed by atoms with van der Waals surface area (Å²) in [5.74, 6) is 0.961. The number of fused-ring (bicyclic) bond motifs is 1. The average molecular weight is 219 g/mol. The lowest BCUT2D eigenvalue weighted by Gasteiger charge is -2.13. The van der Waals surface area contributed by atoms with Gasteiger partial charge < -0.3 is 15.2 Å². The predicted octanol–water partition coefficient (Wildman–Crippen LogP) is 1.80. The van der Waals surface area contributed by atoms with Gasteiger partial charge in [-0.25, -0.2) is 0 Å². The zero-order valence-corrected chi connectivity index (χ0v) is 9.32. The Morgan fingerprint density at radius 1 is 1.31 bits per heavy atom. The molecule has 2 atom stereocenters. The molecular weight excluding hydrogens is 202 g/mol. The van der Waals surface area contributed by atoms with Crippen molar-refractivity contribution in [1.29, 1.82) is 0 Å². The standard InChI is InChI=1S/C13H17NO2/c14-13-4-1-9-7-10(2-3-12(9)13)16-11-5-6-15-8-11/h2-3,7,11,13H,1,4-6,8,14H2. The average Bonchev–Trinajstić information content (AvgIpc) is 2.90. The van der Waals surface area contributed by atoms with Gasteiger partial charge >= 0.3 is 0 Å². The molecule has 16 heavy (non-hydrogen) atoms. The summed E-state index contributed by atoms with van der Waals surface area (Å²) in [5, 5.41) is 0. The van der Waals surface area contributed by atoms with E-state index in [1.807, 2.05) is 6.07 Å². The maximum absolute atomic E-state index is 6.00. The van der Waals surface area contributed by atoms with Crippen molar-refractivity contribution in [3.63, 3.8) is 0 Å². The number of aryl methyl sites for hydroxylation is 1. The van der Waals surface area contributed by atoms with Crippen molar-refractivity contribution in [2.75, 3.05) is 13.2 Å². The summed E-state index contributed by atoms with van der Waals surface area (Å²) in [6.07, 6.45) is 3.37. The summed E-state index contributed by atoms with van der Waals surface area (Å²) >= 11 is 0. The van der Waals surface area contributed by atoms with Crippen LogP contribution in [0.4, 0.5) is 0 Å². The van der Waals surface area contributed by atoms with Crippen LogP contribution in [0.15, 0.2) is 18.2 Å². The highest BCUT2D eigenvalue weighted by Crippen LogP contribution is 2.32. The van der Waals surface area contributed by atoms with Gasteiger partial charge in [-0.2, -0.15) is 0 Å². The molecule has 1 heterocycles. The SMILES string of the molecule is NC1CCc2cc(OC3CCOC3)ccc21. The molecular formula is C13H17NO2. The van der Waals surface area contributed by atoms with E-state index in [9.17, 15) is 0 Å². The fourth-order valence-corrected chi connectivity index (χ4v) is 2.50. The molecule has 0 bridgehead atoms. The largest absolute Gasteiger partial charge is 0.488 e. The molecule has 3 nitrogen and oxygen atoms in total. The highest BCUT2D eigenvalue weighted by molar-refractivity contribution is 5.40. The minimum absolute atomic E-state index is 0.221. The van der Waals surface area contributed by atoms with E-state index in [-0.39, 0.29) is 12.1 Å². The first-order chi connectivity index (χ1) is 7.83. The Balaban J connectivity index is 1.76. The van der Waals surface area contributed by atoms with Crippen LogP contribution >= 0.6 is 0 Å². The number of nitrogens with two attached hydrogens (primary N) is 1. The van der Waals surface area contributed by atoms with Crippen molar-refractivity contribution in [2.24, 2.45) is 5.73 Å². The first-order valence-corrected chi connectivity index (χ1v) is 5.96. The Kier molecular flexibility index (Phi) is 2.58. The summed E-state index contributed by atoms with van der Waals surface area (Å²) in [4.78, 5) is 0. The first-order valence-electron chi connectivity index (χ1n) is 5.96. The van der Waals surface area contributed by atoms with Crippen molar-refractivity contribution in [1.82, 2.24) is 0 Å². The number of benzene rings is 1. The molecule has 1 aliphatic heterocycles. The quantitative estimate of drug-likeness (QED) is 0.825. The third kappa shape index (κ3) is 1.81. The number of rotatable bonds is 2. The lowest BCUT2D eigenvalue weighted by Crippen LogP contribution is -2.15. The van der Waals surface area contributed by atoms with Gasteiger partial charge in [0.15, 0.2) is 0 Å². The summed E-state index contributed by atoms with van der Waals surface area (Å²) in [5.41, 5.74) is 8.64. The van der Waals surface area contributed by atoms with E-state index in [1.54, 1.807) is 0 Å². The van der Waals surface area contributed by atoms with Gasteiger partial charge in [-0.15, -0.1) is 0 Å². The highest BCUT2D eigenvalue weighted by atomic mass is 16.5. The van der Waals surface area contributed by atoms with Gasteiger partial charge in [0.25, 0.3) is 0 Å². The molecule has 86 valence electrons.